The third-order valence-electron chi connectivity index (χ3n) is 2.42. The van der Waals surface area contributed by atoms with E-state index in [-0.39, 0.29) is 0 Å². The largest absolute Gasteiger partial charge is 0.496 e. The number of carbonyl (C=O) groups is 1. The zero-order valence-electron chi connectivity index (χ0n) is 9.76. The Labute approximate surface area is 94.9 Å². The normalized spacial score (nSPS) is 9.75. The second-order valence-electron chi connectivity index (χ2n) is 3.58. The average Bonchev–Trinajstić information content (AvgIpc) is 2.29. The molecule has 5 heteroatoms. The van der Waals surface area contributed by atoms with Crippen LogP contribution >= 0.6 is 0 Å². The Bertz CT molecular complexity index is 391. The van der Waals surface area contributed by atoms with Gasteiger partial charge in [0.15, 0.2) is 0 Å². The zero-order valence-corrected chi connectivity index (χ0v) is 9.76. The van der Waals surface area contributed by atoms with Gasteiger partial charge in [-0.15, -0.1) is 0 Å². The van der Waals surface area contributed by atoms with Gasteiger partial charge in [0, 0.05) is 6.54 Å². The SMILES string of the molecule is COc1cc(C)c(CNC(=O)NN)cc1C. The minimum atomic E-state index is -0.395. The van der Waals surface area contributed by atoms with Crippen LogP contribution in [0.2, 0.25) is 0 Å². The number of hydrazine groups is 1. The third kappa shape index (κ3) is 2.87. The summed E-state index contributed by atoms with van der Waals surface area (Å²) in [5.74, 6) is 5.82. The molecule has 0 aliphatic rings. The van der Waals surface area contributed by atoms with Crippen molar-refractivity contribution >= 4 is 6.03 Å². The topological polar surface area (TPSA) is 76.4 Å². The van der Waals surface area contributed by atoms with E-state index in [1.165, 1.54) is 0 Å². The van der Waals surface area contributed by atoms with Gasteiger partial charge in [0.05, 0.1) is 7.11 Å². The molecule has 1 rings (SSSR count). The van der Waals surface area contributed by atoms with Gasteiger partial charge < -0.3 is 10.1 Å². The summed E-state index contributed by atoms with van der Waals surface area (Å²) >= 11 is 0. The molecule has 2 amide bonds. The Balaban J connectivity index is 2.81. The van der Waals surface area contributed by atoms with Gasteiger partial charge in [0.25, 0.3) is 0 Å². The molecule has 0 radical (unpaired) electrons. The first-order chi connectivity index (χ1) is 7.58. The minimum Gasteiger partial charge on any atom is -0.496 e. The molecule has 5 nitrogen and oxygen atoms in total. The number of nitrogens with one attached hydrogen (secondary N) is 2. The van der Waals surface area contributed by atoms with Crippen LogP contribution in [0.1, 0.15) is 16.7 Å². The van der Waals surface area contributed by atoms with Crippen molar-refractivity contribution in [1.82, 2.24) is 10.7 Å². The average molecular weight is 223 g/mol. The van der Waals surface area contributed by atoms with Crippen LogP contribution in [-0.2, 0) is 6.54 Å². The van der Waals surface area contributed by atoms with E-state index < -0.39 is 6.03 Å². The fourth-order valence-corrected chi connectivity index (χ4v) is 1.49. The molecule has 0 saturated heterocycles. The number of carbonyl (C=O) groups excluding carboxylic acids is 1. The number of hydrogen-bond acceptors (Lipinski definition) is 3. The highest BCUT2D eigenvalue weighted by atomic mass is 16.5. The molecule has 0 spiro atoms. The van der Waals surface area contributed by atoms with Gasteiger partial charge in [0.1, 0.15) is 5.75 Å². The van der Waals surface area contributed by atoms with Crippen molar-refractivity contribution < 1.29 is 9.53 Å². The lowest BCUT2D eigenvalue weighted by atomic mass is 10.0. The van der Waals surface area contributed by atoms with Gasteiger partial charge in [-0.1, -0.05) is 6.07 Å². The molecule has 0 heterocycles. The number of rotatable bonds is 3. The Kier molecular flexibility index (Phi) is 4.13. The highest BCUT2D eigenvalue weighted by Gasteiger charge is 2.05. The Morgan fingerprint density at radius 1 is 1.38 bits per heavy atom. The highest BCUT2D eigenvalue weighted by Crippen LogP contribution is 2.22. The molecule has 4 N–H and O–H groups in total. The van der Waals surface area contributed by atoms with Crippen molar-refractivity contribution in [2.45, 2.75) is 20.4 Å². The first-order valence-corrected chi connectivity index (χ1v) is 4.97. The van der Waals surface area contributed by atoms with Gasteiger partial charge in [0.2, 0.25) is 0 Å². The van der Waals surface area contributed by atoms with Crippen LogP contribution in [0.3, 0.4) is 0 Å². The molecule has 0 unspecified atom stereocenters. The molecule has 0 aliphatic carbocycles. The summed E-state index contributed by atoms with van der Waals surface area (Å²) in [6.07, 6.45) is 0. The number of aryl methyl sites for hydroxylation is 2. The van der Waals surface area contributed by atoms with E-state index in [2.05, 4.69) is 5.32 Å². The number of nitrogens with two attached hydrogens (primary N) is 1. The van der Waals surface area contributed by atoms with Crippen LogP contribution in [-0.4, -0.2) is 13.1 Å². The quantitative estimate of drug-likeness (QED) is 0.406. The van der Waals surface area contributed by atoms with E-state index in [1.54, 1.807) is 7.11 Å². The van der Waals surface area contributed by atoms with Crippen LogP contribution in [0.4, 0.5) is 4.79 Å². The van der Waals surface area contributed by atoms with Crippen molar-refractivity contribution in [3.05, 3.63) is 28.8 Å². The predicted octanol–water partition coefficient (Wildman–Crippen LogP) is 0.985. The standard InChI is InChI=1S/C11H17N3O2/c1-7-5-10(16-3)8(2)4-9(7)6-13-11(15)14-12/h4-5H,6,12H2,1-3H3,(H2,13,14,15). The fourth-order valence-electron chi connectivity index (χ4n) is 1.49. The van der Waals surface area contributed by atoms with Crippen LogP contribution in [0, 0.1) is 13.8 Å². The second-order valence-corrected chi connectivity index (χ2v) is 3.58. The molecular formula is C11H17N3O2. The summed E-state index contributed by atoms with van der Waals surface area (Å²) in [6, 6.07) is 3.55. The lowest BCUT2D eigenvalue weighted by Crippen LogP contribution is -2.39. The molecule has 0 bridgehead atoms. The van der Waals surface area contributed by atoms with Crippen molar-refractivity contribution in [1.29, 1.82) is 0 Å². The molecule has 0 fully saturated rings. The third-order valence-corrected chi connectivity index (χ3v) is 2.42. The maximum atomic E-state index is 10.9. The van der Waals surface area contributed by atoms with Crippen molar-refractivity contribution in [2.24, 2.45) is 5.84 Å². The first-order valence-electron chi connectivity index (χ1n) is 4.97. The minimum absolute atomic E-state index is 0.395. The van der Waals surface area contributed by atoms with E-state index in [1.807, 2.05) is 31.4 Å². The fraction of sp³-hybridized carbons (Fsp3) is 0.364. The van der Waals surface area contributed by atoms with E-state index in [9.17, 15) is 4.79 Å². The van der Waals surface area contributed by atoms with Crippen molar-refractivity contribution in [2.75, 3.05) is 7.11 Å². The second kappa shape index (κ2) is 5.37. The molecular weight excluding hydrogens is 206 g/mol. The summed E-state index contributed by atoms with van der Waals surface area (Å²) in [5, 5.41) is 2.64. The molecule has 0 aromatic heterocycles. The van der Waals surface area contributed by atoms with Gasteiger partial charge in [-0.05, 0) is 36.6 Å². The molecule has 0 saturated carbocycles. The lowest BCUT2D eigenvalue weighted by Gasteiger charge is -2.11. The summed E-state index contributed by atoms with van der Waals surface area (Å²) in [7, 11) is 1.64. The van der Waals surface area contributed by atoms with Crippen LogP contribution < -0.4 is 21.3 Å². The summed E-state index contributed by atoms with van der Waals surface area (Å²) in [5.41, 5.74) is 5.17. The van der Waals surface area contributed by atoms with Gasteiger partial charge in [-0.2, -0.15) is 0 Å². The number of amides is 2. The predicted molar refractivity (Wildman–Crippen MR) is 62.0 cm³/mol. The Hall–Kier alpha value is -1.75. The Morgan fingerprint density at radius 2 is 2.06 bits per heavy atom. The molecule has 0 atom stereocenters. The van der Waals surface area contributed by atoms with Gasteiger partial charge in [-0.25, -0.2) is 10.6 Å². The molecule has 1 aromatic carbocycles. The van der Waals surface area contributed by atoms with Crippen molar-refractivity contribution in [3.63, 3.8) is 0 Å². The highest BCUT2D eigenvalue weighted by molar-refractivity contribution is 5.73. The smallest absolute Gasteiger partial charge is 0.329 e. The zero-order chi connectivity index (χ0) is 12.1. The molecule has 88 valence electrons. The summed E-state index contributed by atoms with van der Waals surface area (Å²) < 4.78 is 5.21. The van der Waals surface area contributed by atoms with Gasteiger partial charge >= 0.3 is 6.03 Å². The van der Waals surface area contributed by atoms with Crippen LogP contribution in [0.5, 0.6) is 5.75 Å². The van der Waals surface area contributed by atoms with Crippen molar-refractivity contribution in [3.8, 4) is 5.75 Å². The van der Waals surface area contributed by atoms with E-state index >= 15 is 0 Å². The van der Waals surface area contributed by atoms with E-state index in [4.69, 9.17) is 10.6 Å². The Morgan fingerprint density at radius 3 is 2.62 bits per heavy atom. The monoisotopic (exact) mass is 223 g/mol. The van der Waals surface area contributed by atoms with E-state index in [0.29, 0.717) is 6.54 Å². The number of methoxy groups -OCH3 is 1. The van der Waals surface area contributed by atoms with Crippen LogP contribution in [0.25, 0.3) is 0 Å². The summed E-state index contributed by atoms with van der Waals surface area (Å²) in [6.45, 7) is 4.38. The van der Waals surface area contributed by atoms with E-state index in [0.717, 1.165) is 22.4 Å². The number of ether oxygens (including phenoxy) is 1. The molecule has 16 heavy (non-hydrogen) atoms. The van der Waals surface area contributed by atoms with Crippen LogP contribution in [0.15, 0.2) is 12.1 Å². The maximum Gasteiger partial charge on any atom is 0.329 e. The number of hydrogen-bond donors (Lipinski definition) is 3. The maximum absolute atomic E-state index is 10.9. The number of urea groups is 1. The first kappa shape index (κ1) is 12.3. The van der Waals surface area contributed by atoms with Gasteiger partial charge in [-0.3, -0.25) is 5.43 Å². The lowest BCUT2D eigenvalue weighted by molar-refractivity contribution is 0.240. The number of benzene rings is 1. The molecule has 1 aromatic rings. The summed E-state index contributed by atoms with van der Waals surface area (Å²) in [4.78, 5) is 10.9. The molecule has 0 aliphatic heterocycles.